The zero-order valence-corrected chi connectivity index (χ0v) is 10.4. The van der Waals surface area contributed by atoms with Crippen LogP contribution in [0.15, 0.2) is 0 Å². The third-order valence-electron chi connectivity index (χ3n) is 2.02. The minimum atomic E-state index is -4.27. The summed E-state index contributed by atoms with van der Waals surface area (Å²) >= 11 is 0. The summed E-state index contributed by atoms with van der Waals surface area (Å²) in [6, 6.07) is 0.0430. The SMILES string of the molecule is CC(N)CCCCC(P(=O)=O)[P+](O)(O)O. The number of hydrogen-bond donors (Lipinski definition) is 4. The molecule has 0 spiro atoms. The van der Waals surface area contributed by atoms with Gasteiger partial charge in [-0.1, -0.05) is 6.42 Å². The molecule has 8 heteroatoms. The van der Waals surface area contributed by atoms with E-state index in [-0.39, 0.29) is 12.5 Å². The van der Waals surface area contributed by atoms with Crippen LogP contribution in [0.5, 0.6) is 0 Å². The van der Waals surface area contributed by atoms with Gasteiger partial charge in [0.05, 0.1) is 0 Å². The van der Waals surface area contributed by atoms with Crippen LogP contribution in [0, 0.1) is 0 Å². The second kappa shape index (κ2) is 6.69. The molecule has 0 aromatic rings. The maximum Gasteiger partial charge on any atom is 0.421 e. The molecular weight excluding hydrogens is 240 g/mol. The second-order valence-corrected chi connectivity index (χ2v) is 7.10. The van der Waals surface area contributed by atoms with Crippen LogP contribution in [0.2, 0.25) is 0 Å². The van der Waals surface area contributed by atoms with Gasteiger partial charge in [0.25, 0.3) is 5.40 Å². The van der Waals surface area contributed by atoms with Crippen LogP contribution in [0.4, 0.5) is 0 Å². The zero-order valence-electron chi connectivity index (χ0n) is 8.61. The average molecular weight is 258 g/mol. The van der Waals surface area contributed by atoms with Gasteiger partial charge < -0.3 is 5.73 Å². The highest BCUT2D eigenvalue weighted by molar-refractivity contribution is 7.68. The van der Waals surface area contributed by atoms with Crippen molar-refractivity contribution >= 4 is 15.6 Å². The second-order valence-electron chi connectivity index (χ2n) is 3.64. The molecule has 0 aromatic heterocycles. The summed E-state index contributed by atoms with van der Waals surface area (Å²) in [5, 5.41) is -1.43. The molecule has 0 aromatic carbocycles. The first-order valence-electron chi connectivity index (χ1n) is 4.71. The summed E-state index contributed by atoms with van der Waals surface area (Å²) in [5.74, 6) is 0. The molecule has 0 amide bonds. The summed E-state index contributed by atoms with van der Waals surface area (Å²) in [4.78, 5) is 26.6. The van der Waals surface area contributed by atoms with Gasteiger partial charge in [-0.3, -0.25) is 0 Å². The normalized spacial score (nSPS) is 16.1. The Balaban J connectivity index is 4.00. The number of rotatable bonds is 7. The maximum atomic E-state index is 10.6. The Kier molecular flexibility index (Phi) is 6.76. The highest BCUT2D eigenvalue weighted by Gasteiger charge is 2.46. The first-order chi connectivity index (χ1) is 6.75. The molecule has 0 rings (SSSR count). The lowest BCUT2D eigenvalue weighted by Gasteiger charge is -2.10. The van der Waals surface area contributed by atoms with E-state index in [1.54, 1.807) is 0 Å². The van der Waals surface area contributed by atoms with Gasteiger partial charge in [0.1, 0.15) is 0 Å². The number of nitrogens with two attached hydrogens (primary N) is 1. The van der Waals surface area contributed by atoms with Crippen LogP contribution in [-0.4, -0.2) is 26.1 Å². The molecule has 2 unspecified atom stereocenters. The predicted molar refractivity (Wildman–Crippen MR) is 57.8 cm³/mol. The minimum absolute atomic E-state index is 0.0430. The van der Waals surface area contributed by atoms with Crippen molar-refractivity contribution in [2.24, 2.45) is 5.73 Å². The average Bonchev–Trinajstić information content (AvgIpc) is 1.99. The Morgan fingerprint density at radius 3 is 2.00 bits per heavy atom. The molecule has 0 saturated heterocycles. The van der Waals surface area contributed by atoms with E-state index in [1.165, 1.54) is 0 Å². The molecule has 5 N–H and O–H groups in total. The molecule has 0 saturated carbocycles. The molecule has 0 aliphatic heterocycles. The van der Waals surface area contributed by atoms with E-state index in [9.17, 15) is 9.13 Å². The summed E-state index contributed by atoms with van der Waals surface area (Å²) in [6.07, 6.45) is 2.01. The fourth-order valence-corrected chi connectivity index (χ4v) is 3.13. The highest BCUT2D eigenvalue weighted by atomic mass is 31.2. The van der Waals surface area contributed by atoms with Gasteiger partial charge in [0.15, 0.2) is 0 Å². The third-order valence-corrected chi connectivity index (χ3v) is 5.31. The van der Waals surface area contributed by atoms with Crippen LogP contribution in [0.25, 0.3) is 0 Å². The smallest absolute Gasteiger partial charge is 0.328 e. The van der Waals surface area contributed by atoms with Crippen molar-refractivity contribution in [3.8, 4) is 0 Å². The van der Waals surface area contributed by atoms with Crippen LogP contribution in [-0.2, 0) is 9.13 Å². The van der Waals surface area contributed by atoms with Crippen molar-refractivity contribution in [1.82, 2.24) is 0 Å². The Hall–Kier alpha value is 0.170. The van der Waals surface area contributed by atoms with E-state index in [0.717, 1.165) is 6.42 Å². The topological polar surface area (TPSA) is 121 Å². The molecule has 0 radical (unpaired) electrons. The lowest BCUT2D eigenvalue weighted by Crippen LogP contribution is -2.14. The standard InChI is InChI=1S/C7H18NO5P2/c1-6(8)4-2-3-5-7(14(9)10)15(11,12)13/h6-7,11-13H,2-5,8H2,1H3/q+1. The predicted octanol–water partition coefficient (Wildman–Crippen LogP) is 1.13. The third kappa shape index (κ3) is 7.12. The quantitative estimate of drug-likeness (QED) is 0.401. The molecular formula is C7H18NO5P2+. The van der Waals surface area contributed by atoms with Crippen LogP contribution in [0.3, 0.4) is 0 Å². The first-order valence-corrected chi connectivity index (χ1v) is 7.67. The van der Waals surface area contributed by atoms with Gasteiger partial charge in [0, 0.05) is 12.5 Å². The van der Waals surface area contributed by atoms with Crippen molar-refractivity contribution < 1.29 is 23.8 Å². The highest BCUT2D eigenvalue weighted by Crippen LogP contribution is 2.58. The van der Waals surface area contributed by atoms with Crippen LogP contribution >= 0.6 is 15.6 Å². The van der Waals surface area contributed by atoms with E-state index in [0.29, 0.717) is 12.8 Å². The molecule has 90 valence electrons. The van der Waals surface area contributed by atoms with E-state index < -0.39 is 21.0 Å². The van der Waals surface area contributed by atoms with Crippen molar-refractivity contribution in [2.45, 2.75) is 44.0 Å². The summed E-state index contributed by atoms with van der Waals surface area (Å²) in [6.45, 7) is 1.84. The first kappa shape index (κ1) is 15.2. The van der Waals surface area contributed by atoms with Gasteiger partial charge >= 0.3 is 15.6 Å². The largest absolute Gasteiger partial charge is 0.421 e. The Bertz CT molecular complexity index is 240. The lowest BCUT2D eigenvalue weighted by atomic mass is 10.1. The van der Waals surface area contributed by atoms with E-state index in [2.05, 4.69) is 0 Å². The molecule has 0 aliphatic rings. The molecule has 6 nitrogen and oxygen atoms in total. The van der Waals surface area contributed by atoms with Crippen molar-refractivity contribution in [1.29, 1.82) is 0 Å². The van der Waals surface area contributed by atoms with Gasteiger partial charge in [-0.25, -0.2) is 9.13 Å². The van der Waals surface area contributed by atoms with Crippen molar-refractivity contribution in [3.05, 3.63) is 0 Å². The molecule has 15 heavy (non-hydrogen) atoms. The fourth-order valence-electron chi connectivity index (χ4n) is 1.20. The summed E-state index contributed by atoms with van der Waals surface area (Å²) < 4.78 is 21.3. The van der Waals surface area contributed by atoms with E-state index in [4.69, 9.17) is 20.4 Å². The zero-order chi connectivity index (χ0) is 12.1. The molecule has 0 fully saturated rings. The van der Waals surface area contributed by atoms with Gasteiger partial charge in [0.2, 0.25) is 0 Å². The minimum Gasteiger partial charge on any atom is -0.328 e. The van der Waals surface area contributed by atoms with Gasteiger partial charge in [-0.15, -0.1) is 0 Å². The Morgan fingerprint density at radius 1 is 1.20 bits per heavy atom. The van der Waals surface area contributed by atoms with Gasteiger partial charge in [-0.05, 0) is 19.8 Å². The molecule has 0 aliphatic carbocycles. The molecule has 0 bridgehead atoms. The molecule has 0 heterocycles. The van der Waals surface area contributed by atoms with E-state index in [1.807, 2.05) is 6.92 Å². The fraction of sp³-hybridized carbons (Fsp3) is 1.00. The monoisotopic (exact) mass is 258 g/mol. The summed E-state index contributed by atoms with van der Waals surface area (Å²) in [7, 11) is -7.29. The van der Waals surface area contributed by atoms with Gasteiger partial charge in [-0.2, -0.15) is 14.7 Å². The summed E-state index contributed by atoms with van der Waals surface area (Å²) in [5.41, 5.74) is 5.49. The van der Waals surface area contributed by atoms with Crippen molar-refractivity contribution in [3.63, 3.8) is 0 Å². The lowest BCUT2D eigenvalue weighted by molar-refractivity contribution is 0.321. The van der Waals surface area contributed by atoms with Crippen molar-refractivity contribution in [2.75, 3.05) is 0 Å². The van der Waals surface area contributed by atoms with Crippen LogP contribution in [0.1, 0.15) is 32.6 Å². The Morgan fingerprint density at radius 2 is 1.67 bits per heavy atom. The van der Waals surface area contributed by atoms with Crippen LogP contribution < -0.4 is 5.73 Å². The maximum absolute atomic E-state index is 10.6. The Labute approximate surface area is 89.9 Å². The van der Waals surface area contributed by atoms with E-state index >= 15 is 0 Å². The number of hydrogen-bond acceptors (Lipinski definition) is 6. The molecule has 2 atom stereocenters. The number of unbranched alkanes of at least 4 members (excludes halogenated alkanes) is 1.